The highest BCUT2D eigenvalue weighted by Crippen LogP contribution is 2.16. The van der Waals surface area contributed by atoms with Crippen molar-refractivity contribution in [3.05, 3.63) is 65.7 Å². The van der Waals surface area contributed by atoms with Crippen LogP contribution in [0.2, 0.25) is 0 Å². The Labute approximate surface area is 234 Å². The second-order valence-corrected chi connectivity index (χ2v) is 10.5. The maximum absolute atomic E-state index is 12.9. The zero-order valence-corrected chi connectivity index (χ0v) is 23.8. The number of amides is 3. The molecule has 0 aliphatic carbocycles. The number of esters is 2. The number of urea groups is 1. The van der Waals surface area contributed by atoms with Gasteiger partial charge < -0.3 is 30.6 Å². The number of carbonyl (C=O) groups excluding carboxylic acids is 4. The monoisotopic (exact) mass is 554 g/mol. The van der Waals surface area contributed by atoms with Gasteiger partial charge in [0.15, 0.2) is 5.71 Å². The summed E-state index contributed by atoms with van der Waals surface area (Å²) in [5.41, 5.74) is 5.00. The van der Waals surface area contributed by atoms with E-state index < -0.39 is 41.3 Å². The average Bonchev–Trinajstić information content (AvgIpc) is 2.87. The van der Waals surface area contributed by atoms with E-state index in [-0.39, 0.29) is 30.8 Å². The molecule has 11 heteroatoms. The normalized spacial score (nSPS) is 12.6. The lowest BCUT2D eigenvalue weighted by Gasteiger charge is -2.22. The van der Waals surface area contributed by atoms with Gasteiger partial charge in [0.1, 0.15) is 17.2 Å². The first kappa shape index (κ1) is 32.0. The molecule has 216 valence electrons. The van der Waals surface area contributed by atoms with Crippen LogP contribution in [0.5, 0.6) is 0 Å². The van der Waals surface area contributed by atoms with Crippen molar-refractivity contribution in [1.29, 1.82) is 0 Å². The summed E-state index contributed by atoms with van der Waals surface area (Å²) in [5.74, 6) is -1.38. The third-order valence-electron chi connectivity index (χ3n) is 5.23. The van der Waals surface area contributed by atoms with Gasteiger partial charge in [0.05, 0.1) is 6.61 Å². The molecular formula is C29H38N4O7. The van der Waals surface area contributed by atoms with Crippen LogP contribution >= 0.6 is 0 Å². The highest BCUT2D eigenvalue weighted by atomic mass is 16.6. The van der Waals surface area contributed by atoms with Crippen molar-refractivity contribution in [2.45, 2.75) is 65.2 Å². The summed E-state index contributed by atoms with van der Waals surface area (Å²) < 4.78 is 15.8. The third-order valence-corrected chi connectivity index (χ3v) is 5.23. The largest absolute Gasteiger partial charge is 0.464 e. The van der Waals surface area contributed by atoms with E-state index in [0.29, 0.717) is 5.69 Å². The van der Waals surface area contributed by atoms with Crippen LogP contribution in [0.3, 0.4) is 0 Å². The molecule has 2 rings (SSSR count). The van der Waals surface area contributed by atoms with E-state index in [1.807, 2.05) is 30.3 Å². The predicted octanol–water partition coefficient (Wildman–Crippen LogP) is 3.99. The molecule has 11 nitrogen and oxygen atoms in total. The summed E-state index contributed by atoms with van der Waals surface area (Å²) >= 11 is 0. The zero-order chi connectivity index (χ0) is 29.9. The number of benzene rings is 2. The minimum atomic E-state index is -0.999. The topological polar surface area (TPSA) is 158 Å². The van der Waals surface area contributed by atoms with Gasteiger partial charge in [-0.3, -0.25) is 0 Å². The molecule has 1 unspecified atom stereocenters. The molecule has 0 aromatic heterocycles. The molecule has 2 aromatic carbocycles. The zero-order valence-electron chi connectivity index (χ0n) is 23.8. The van der Waals surface area contributed by atoms with Gasteiger partial charge >= 0.3 is 24.1 Å². The number of aliphatic imine (C=N–C) groups is 1. The first-order chi connectivity index (χ1) is 18.7. The Morgan fingerprint density at radius 3 is 2.10 bits per heavy atom. The average molecular weight is 555 g/mol. The van der Waals surface area contributed by atoms with E-state index in [9.17, 15) is 19.2 Å². The Hall–Kier alpha value is -4.25. The fourth-order valence-corrected chi connectivity index (χ4v) is 3.27. The van der Waals surface area contributed by atoms with Gasteiger partial charge in [-0.15, -0.1) is 0 Å². The summed E-state index contributed by atoms with van der Waals surface area (Å²) in [5, 5.41) is 5.29. The van der Waals surface area contributed by atoms with E-state index in [1.165, 1.54) is 24.3 Å². The molecule has 0 saturated heterocycles. The summed E-state index contributed by atoms with van der Waals surface area (Å²) in [6.07, 6.45) is -0.750. The van der Waals surface area contributed by atoms with Gasteiger partial charge in [-0.1, -0.05) is 42.5 Å². The Balaban J connectivity index is 2.21. The van der Waals surface area contributed by atoms with Crippen molar-refractivity contribution < 1.29 is 33.4 Å². The minimum absolute atomic E-state index is 0.0564. The summed E-state index contributed by atoms with van der Waals surface area (Å²) in [4.78, 5) is 54.3. The number of rotatable bonds is 10. The SMILES string of the molecule is CCOC(=O)C(Cc1ccccc1)NC(=O)Nc1ccc(C(=NC(=O)OC(C)(C)CN)C(=O)OC(C)(C)C)cc1. The fraction of sp³-hybridized carbons (Fsp3) is 0.414. The van der Waals surface area contributed by atoms with Gasteiger partial charge in [-0.05, 0) is 59.2 Å². The highest BCUT2D eigenvalue weighted by Gasteiger charge is 2.27. The van der Waals surface area contributed by atoms with Crippen molar-refractivity contribution in [1.82, 2.24) is 5.32 Å². The van der Waals surface area contributed by atoms with Crippen molar-refractivity contribution in [2.75, 3.05) is 18.5 Å². The third kappa shape index (κ3) is 10.9. The Kier molecular flexibility index (Phi) is 11.4. The minimum Gasteiger partial charge on any atom is -0.464 e. The lowest BCUT2D eigenvalue weighted by atomic mass is 10.1. The quantitative estimate of drug-likeness (QED) is 0.226. The first-order valence-electron chi connectivity index (χ1n) is 12.9. The smallest absolute Gasteiger partial charge is 0.434 e. The molecule has 3 amide bonds. The van der Waals surface area contributed by atoms with Gasteiger partial charge in [-0.25, -0.2) is 19.2 Å². The number of ether oxygens (including phenoxy) is 3. The summed E-state index contributed by atoms with van der Waals surface area (Å²) in [7, 11) is 0. The standard InChI is InChI=1S/C29H38N4O7/c1-7-38-24(34)22(17-19-11-9-8-10-12-19)32-26(36)31-21-15-13-20(14-16-21)23(25(35)39-28(2,3)4)33-27(37)40-29(5,6)18-30/h8-16,22H,7,17-18,30H2,1-6H3,(H2,31,32,36). The fourth-order valence-electron chi connectivity index (χ4n) is 3.27. The van der Waals surface area contributed by atoms with Crippen molar-refractivity contribution >= 4 is 35.5 Å². The van der Waals surface area contributed by atoms with Crippen molar-refractivity contribution in [3.8, 4) is 0 Å². The lowest BCUT2D eigenvalue weighted by Crippen LogP contribution is -2.45. The van der Waals surface area contributed by atoms with Gasteiger partial charge in [-0.2, -0.15) is 4.99 Å². The molecule has 0 heterocycles. The van der Waals surface area contributed by atoms with E-state index in [0.717, 1.165) is 5.56 Å². The molecule has 0 bridgehead atoms. The van der Waals surface area contributed by atoms with Crippen LogP contribution in [-0.2, 0) is 30.2 Å². The Morgan fingerprint density at radius 2 is 1.55 bits per heavy atom. The van der Waals surface area contributed by atoms with Crippen LogP contribution in [0.25, 0.3) is 0 Å². The van der Waals surface area contributed by atoms with Crippen molar-refractivity contribution in [3.63, 3.8) is 0 Å². The van der Waals surface area contributed by atoms with Gasteiger partial charge in [0.25, 0.3) is 0 Å². The number of hydrogen-bond acceptors (Lipinski definition) is 8. The van der Waals surface area contributed by atoms with Gasteiger partial charge in [0.2, 0.25) is 0 Å². The number of nitrogens with zero attached hydrogens (tertiary/aromatic N) is 1. The second-order valence-electron chi connectivity index (χ2n) is 10.5. The van der Waals surface area contributed by atoms with Crippen LogP contribution in [-0.4, -0.2) is 60.2 Å². The lowest BCUT2D eigenvalue weighted by molar-refractivity contribution is -0.146. The van der Waals surface area contributed by atoms with Crippen LogP contribution in [0, 0.1) is 0 Å². The molecule has 4 N–H and O–H groups in total. The summed E-state index contributed by atoms with van der Waals surface area (Å²) in [6, 6.07) is 13.7. The van der Waals surface area contributed by atoms with Crippen molar-refractivity contribution in [2.24, 2.45) is 10.7 Å². The first-order valence-corrected chi connectivity index (χ1v) is 12.9. The number of anilines is 1. The predicted molar refractivity (Wildman–Crippen MR) is 151 cm³/mol. The Morgan fingerprint density at radius 1 is 0.925 bits per heavy atom. The molecule has 0 saturated carbocycles. The van der Waals surface area contributed by atoms with Crippen LogP contribution in [0.15, 0.2) is 59.6 Å². The molecule has 0 aliphatic rings. The molecule has 1 atom stereocenters. The number of carbonyl (C=O) groups is 4. The molecule has 0 aliphatic heterocycles. The van der Waals surface area contributed by atoms with E-state index >= 15 is 0 Å². The maximum Gasteiger partial charge on any atom is 0.434 e. The number of hydrogen-bond donors (Lipinski definition) is 3. The maximum atomic E-state index is 12.9. The number of nitrogens with one attached hydrogen (secondary N) is 2. The van der Waals surface area contributed by atoms with Crippen LogP contribution in [0.1, 0.15) is 52.7 Å². The second kappa shape index (κ2) is 14.2. The molecular weight excluding hydrogens is 516 g/mol. The molecule has 0 fully saturated rings. The van der Waals surface area contributed by atoms with E-state index in [2.05, 4.69) is 15.6 Å². The van der Waals surface area contributed by atoms with E-state index in [4.69, 9.17) is 19.9 Å². The summed E-state index contributed by atoms with van der Waals surface area (Å²) in [6.45, 7) is 10.2. The van der Waals surface area contributed by atoms with Crippen LogP contribution < -0.4 is 16.4 Å². The van der Waals surface area contributed by atoms with Gasteiger partial charge in [0, 0.05) is 24.2 Å². The number of nitrogens with two attached hydrogens (primary N) is 1. The van der Waals surface area contributed by atoms with Crippen LogP contribution in [0.4, 0.5) is 15.3 Å². The molecule has 0 spiro atoms. The Bertz CT molecular complexity index is 1200. The van der Waals surface area contributed by atoms with E-state index in [1.54, 1.807) is 41.5 Å². The molecule has 0 radical (unpaired) electrons. The molecule has 2 aromatic rings. The highest BCUT2D eigenvalue weighted by molar-refractivity contribution is 6.44. The molecule has 40 heavy (non-hydrogen) atoms.